The first kappa shape index (κ1) is 21.0. The number of ether oxygens (including phenoxy) is 2. The molecule has 7 nitrogen and oxygen atoms in total. The van der Waals surface area contributed by atoms with Crippen LogP contribution in [0.4, 0.5) is 0 Å². The molecule has 0 aliphatic carbocycles. The normalized spacial score (nSPS) is 15.4. The average Bonchev–Trinajstić information content (AvgIpc) is 2.63. The van der Waals surface area contributed by atoms with Crippen LogP contribution in [0.15, 0.2) is 18.2 Å². The Bertz CT molecular complexity index is 640. The number of likely N-dealkylation sites (tertiary alicyclic amines) is 1. The third-order valence-corrected chi connectivity index (χ3v) is 4.47. The number of amides is 2. The molecule has 0 saturated carbocycles. The summed E-state index contributed by atoms with van der Waals surface area (Å²) in [5.41, 5.74) is 0.550. The number of nitrogens with one attached hydrogen (secondary N) is 2. The monoisotopic (exact) mass is 377 g/mol. The lowest BCUT2D eigenvalue weighted by atomic mass is 10.0. The third-order valence-electron chi connectivity index (χ3n) is 4.47. The van der Waals surface area contributed by atoms with Crippen LogP contribution >= 0.6 is 0 Å². The maximum Gasteiger partial charge on any atom is 0.251 e. The fraction of sp³-hybridized carbons (Fsp3) is 0.600. The zero-order valence-electron chi connectivity index (χ0n) is 16.7. The predicted octanol–water partition coefficient (Wildman–Crippen LogP) is 1.81. The van der Waals surface area contributed by atoms with Gasteiger partial charge in [-0.2, -0.15) is 0 Å². The van der Waals surface area contributed by atoms with Crippen molar-refractivity contribution in [3.05, 3.63) is 23.8 Å². The minimum absolute atomic E-state index is 0.0500. The van der Waals surface area contributed by atoms with Gasteiger partial charge in [-0.15, -0.1) is 0 Å². The van der Waals surface area contributed by atoms with Gasteiger partial charge < -0.3 is 20.1 Å². The standard InChI is InChI=1S/C20H31N3O4/c1-5-27-17-7-6-15(12-18(17)26-4)20(25)22-16-8-10-23(11-9-16)13-19(24)21-14(2)3/h6-7,12,14,16H,5,8-11,13H2,1-4H3,(H,21,24)(H,22,25). The van der Waals surface area contributed by atoms with Gasteiger partial charge in [0.1, 0.15) is 0 Å². The van der Waals surface area contributed by atoms with E-state index in [2.05, 4.69) is 15.5 Å². The molecule has 1 aromatic rings. The smallest absolute Gasteiger partial charge is 0.251 e. The van der Waals surface area contributed by atoms with Crippen molar-refractivity contribution >= 4 is 11.8 Å². The number of carbonyl (C=O) groups excluding carboxylic acids is 2. The molecule has 0 unspecified atom stereocenters. The molecule has 1 fully saturated rings. The number of rotatable bonds is 8. The SMILES string of the molecule is CCOc1ccc(C(=O)NC2CCN(CC(=O)NC(C)C)CC2)cc1OC. The number of methoxy groups -OCH3 is 1. The van der Waals surface area contributed by atoms with Crippen LogP contribution in [0.5, 0.6) is 11.5 Å². The molecule has 1 aliphatic heterocycles. The molecule has 0 spiro atoms. The van der Waals surface area contributed by atoms with E-state index in [0.29, 0.717) is 30.2 Å². The Hall–Kier alpha value is -2.28. The van der Waals surface area contributed by atoms with Crippen LogP contribution in [0.25, 0.3) is 0 Å². The summed E-state index contributed by atoms with van der Waals surface area (Å²) in [5, 5.41) is 5.99. The first-order valence-electron chi connectivity index (χ1n) is 9.56. The highest BCUT2D eigenvalue weighted by molar-refractivity contribution is 5.95. The predicted molar refractivity (Wildman–Crippen MR) is 104 cm³/mol. The molecule has 0 radical (unpaired) electrons. The van der Waals surface area contributed by atoms with Gasteiger partial charge in [0.15, 0.2) is 11.5 Å². The summed E-state index contributed by atoms with van der Waals surface area (Å²) in [6.07, 6.45) is 1.66. The van der Waals surface area contributed by atoms with E-state index in [9.17, 15) is 9.59 Å². The molecule has 1 saturated heterocycles. The molecule has 0 atom stereocenters. The van der Waals surface area contributed by atoms with E-state index in [0.717, 1.165) is 25.9 Å². The molecule has 7 heteroatoms. The second-order valence-corrected chi connectivity index (χ2v) is 7.04. The van der Waals surface area contributed by atoms with Crippen molar-refractivity contribution in [3.8, 4) is 11.5 Å². The van der Waals surface area contributed by atoms with Crippen molar-refractivity contribution in [1.29, 1.82) is 0 Å². The Morgan fingerprint density at radius 3 is 2.52 bits per heavy atom. The van der Waals surface area contributed by atoms with Crippen LogP contribution in [-0.2, 0) is 4.79 Å². The summed E-state index contributed by atoms with van der Waals surface area (Å²) < 4.78 is 10.8. The van der Waals surface area contributed by atoms with Crippen molar-refractivity contribution in [2.24, 2.45) is 0 Å². The number of piperidine rings is 1. The summed E-state index contributed by atoms with van der Waals surface area (Å²) in [6.45, 7) is 8.35. The molecule has 1 heterocycles. The van der Waals surface area contributed by atoms with Gasteiger partial charge in [-0.05, 0) is 51.8 Å². The van der Waals surface area contributed by atoms with Gasteiger partial charge in [0, 0.05) is 30.7 Å². The fourth-order valence-corrected chi connectivity index (χ4v) is 3.16. The lowest BCUT2D eigenvalue weighted by molar-refractivity contribution is -0.123. The van der Waals surface area contributed by atoms with E-state index in [1.165, 1.54) is 0 Å². The van der Waals surface area contributed by atoms with E-state index < -0.39 is 0 Å². The van der Waals surface area contributed by atoms with E-state index in [4.69, 9.17) is 9.47 Å². The van der Waals surface area contributed by atoms with Crippen molar-refractivity contribution < 1.29 is 19.1 Å². The van der Waals surface area contributed by atoms with E-state index in [1.54, 1.807) is 25.3 Å². The van der Waals surface area contributed by atoms with Crippen molar-refractivity contribution in [2.45, 2.75) is 45.7 Å². The average molecular weight is 377 g/mol. The number of nitrogens with zero attached hydrogens (tertiary/aromatic N) is 1. The number of hydrogen-bond acceptors (Lipinski definition) is 5. The Balaban J connectivity index is 1.84. The topological polar surface area (TPSA) is 79.9 Å². The van der Waals surface area contributed by atoms with E-state index >= 15 is 0 Å². The third kappa shape index (κ3) is 6.43. The zero-order valence-corrected chi connectivity index (χ0v) is 16.7. The number of benzene rings is 1. The first-order valence-corrected chi connectivity index (χ1v) is 9.56. The van der Waals surface area contributed by atoms with Crippen molar-refractivity contribution in [2.75, 3.05) is 33.4 Å². The molecule has 2 amide bonds. The lowest BCUT2D eigenvalue weighted by Gasteiger charge is -2.32. The molecule has 150 valence electrons. The second kappa shape index (κ2) is 10.2. The summed E-state index contributed by atoms with van der Waals surface area (Å²) >= 11 is 0. The van der Waals surface area contributed by atoms with Gasteiger partial charge in [0.2, 0.25) is 5.91 Å². The summed E-state index contributed by atoms with van der Waals surface area (Å²) in [6, 6.07) is 5.47. The Morgan fingerprint density at radius 1 is 1.22 bits per heavy atom. The lowest BCUT2D eigenvalue weighted by Crippen LogP contribution is -2.48. The molecule has 0 bridgehead atoms. The quantitative estimate of drug-likeness (QED) is 0.722. The molecule has 0 aromatic heterocycles. The van der Waals surface area contributed by atoms with Gasteiger partial charge in [-0.3, -0.25) is 14.5 Å². The zero-order chi connectivity index (χ0) is 19.8. The van der Waals surface area contributed by atoms with Crippen LogP contribution in [0, 0.1) is 0 Å². The molecule has 27 heavy (non-hydrogen) atoms. The molecular formula is C20H31N3O4. The van der Waals surface area contributed by atoms with Gasteiger partial charge in [-0.25, -0.2) is 0 Å². The molecular weight excluding hydrogens is 346 g/mol. The molecule has 2 rings (SSSR count). The highest BCUT2D eigenvalue weighted by Gasteiger charge is 2.23. The van der Waals surface area contributed by atoms with E-state index in [-0.39, 0.29) is 23.9 Å². The highest BCUT2D eigenvalue weighted by Crippen LogP contribution is 2.28. The highest BCUT2D eigenvalue weighted by atomic mass is 16.5. The van der Waals surface area contributed by atoms with Gasteiger partial charge in [0.05, 0.1) is 20.3 Å². The van der Waals surface area contributed by atoms with Crippen LogP contribution in [0.3, 0.4) is 0 Å². The fourth-order valence-electron chi connectivity index (χ4n) is 3.16. The summed E-state index contributed by atoms with van der Waals surface area (Å²) in [4.78, 5) is 26.5. The maximum absolute atomic E-state index is 12.5. The van der Waals surface area contributed by atoms with Crippen molar-refractivity contribution in [1.82, 2.24) is 15.5 Å². The van der Waals surface area contributed by atoms with Crippen LogP contribution in [0.1, 0.15) is 44.0 Å². The van der Waals surface area contributed by atoms with Crippen LogP contribution in [0.2, 0.25) is 0 Å². The van der Waals surface area contributed by atoms with Gasteiger partial charge >= 0.3 is 0 Å². The van der Waals surface area contributed by atoms with E-state index in [1.807, 2.05) is 20.8 Å². The van der Waals surface area contributed by atoms with Crippen LogP contribution in [-0.4, -0.2) is 62.1 Å². The first-order chi connectivity index (χ1) is 12.9. The molecule has 1 aliphatic rings. The number of carbonyl (C=O) groups is 2. The summed E-state index contributed by atoms with van der Waals surface area (Å²) in [7, 11) is 1.56. The number of hydrogen-bond donors (Lipinski definition) is 2. The van der Waals surface area contributed by atoms with Crippen LogP contribution < -0.4 is 20.1 Å². The Morgan fingerprint density at radius 2 is 1.93 bits per heavy atom. The molecule has 2 N–H and O–H groups in total. The maximum atomic E-state index is 12.5. The molecule has 1 aromatic carbocycles. The van der Waals surface area contributed by atoms with Gasteiger partial charge in [-0.1, -0.05) is 0 Å². The second-order valence-electron chi connectivity index (χ2n) is 7.04. The largest absolute Gasteiger partial charge is 0.493 e. The minimum Gasteiger partial charge on any atom is -0.493 e. The van der Waals surface area contributed by atoms with Gasteiger partial charge in [0.25, 0.3) is 5.91 Å². The summed E-state index contributed by atoms with van der Waals surface area (Å²) in [5.74, 6) is 1.11. The minimum atomic E-state index is -0.118. The Labute approximate surface area is 161 Å². The Kier molecular flexibility index (Phi) is 7.91. The van der Waals surface area contributed by atoms with Crippen molar-refractivity contribution in [3.63, 3.8) is 0 Å².